The first-order valence-corrected chi connectivity index (χ1v) is 10.3. The molecule has 0 saturated heterocycles. The molecule has 0 aliphatic heterocycles. The lowest BCUT2D eigenvalue weighted by Gasteiger charge is -2.16. The molecule has 0 unspecified atom stereocenters. The van der Waals surface area contributed by atoms with Gasteiger partial charge in [-0.3, -0.25) is 0 Å². The summed E-state index contributed by atoms with van der Waals surface area (Å²) in [6, 6.07) is 26.9. The quantitative estimate of drug-likeness (QED) is 0.652. The minimum Gasteiger partial charge on any atom is -0.211 e. The number of sulfonamides is 1. The van der Waals surface area contributed by atoms with Crippen molar-refractivity contribution in [2.75, 3.05) is 6.54 Å². The van der Waals surface area contributed by atoms with Crippen molar-refractivity contribution >= 4 is 10.0 Å². The maximum Gasteiger partial charge on any atom is 0.240 e. The summed E-state index contributed by atoms with van der Waals surface area (Å²) in [6.45, 7) is 2.46. The van der Waals surface area contributed by atoms with Crippen LogP contribution >= 0.6 is 0 Å². The Kier molecular flexibility index (Phi) is 5.86. The Hall–Kier alpha value is -2.43. The fourth-order valence-corrected chi connectivity index (χ4v) is 4.06. The van der Waals surface area contributed by atoms with Crippen molar-refractivity contribution in [3.8, 4) is 11.1 Å². The van der Waals surface area contributed by atoms with Gasteiger partial charge in [-0.2, -0.15) is 0 Å². The summed E-state index contributed by atoms with van der Waals surface area (Å²) in [5.41, 5.74) is 3.22. The van der Waals surface area contributed by atoms with Gasteiger partial charge in [-0.15, -0.1) is 0 Å². The van der Waals surface area contributed by atoms with Gasteiger partial charge < -0.3 is 0 Å². The number of hydrogen-bond donors (Lipinski definition) is 1. The van der Waals surface area contributed by atoms with Crippen molar-refractivity contribution in [2.24, 2.45) is 0 Å². The van der Waals surface area contributed by atoms with E-state index in [-0.39, 0.29) is 5.92 Å². The first-order chi connectivity index (χ1) is 12.6. The molecule has 3 aromatic rings. The minimum absolute atomic E-state index is 0.162. The largest absolute Gasteiger partial charge is 0.240 e. The molecule has 1 atom stereocenters. The molecule has 3 nitrogen and oxygen atoms in total. The number of benzene rings is 3. The molecule has 3 aromatic carbocycles. The lowest BCUT2D eigenvalue weighted by Crippen LogP contribution is -2.28. The van der Waals surface area contributed by atoms with E-state index in [1.54, 1.807) is 12.1 Å². The van der Waals surface area contributed by atoms with Crippen LogP contribution in [0.3, 0.4) is 0 Å². The van der Waals surface area contributed by atoms with E-state index < -0.39 is 10.0 Å². The van der Waals surface area contributed by atoms with E-state index in [2.05, 4.69) is 11.6 Å². The molecule has 0 saturated carbocycles. The zero-order valence-corrected chi connectivity index (χ0v) is 15.6. The summed E-state index contributed by atoms with van der Waals surface area (Å²) < 4.78 is 28.0. The van der Waals surface area contributed by atoms with Crippen molar-refractivity contribution in [1.82, 2.24) is 4.72 Å². The maximum absolute atomic E-state index is 12.6. The molecule has 0 aromatic heterocycles. The van der Waals surface area contributed by atoms with Crippen molar-refractivity contribution in [3.05, 3.63) is 90.5 Å². The van der Waals surface area contributed by atoms with Crippen LogP contribution in [-0.2, 0) is 10.0 Å². The van der Waals surface area contributed by atoms with Crippen molar-refractivity contribution in [3.63, 3.8) is 0 Å². The Morgan fingerprint density at radius 1 is 0.769 bits per heavy atom. The summed E-state index contributed by atoms with van der Waals surface area (Å²) in [5, 5.41) is 0. The fraction of sp³-hybridized carbons (Fsp3) is 0.182. The Labute approximate surface area is 155 Å². The van der Waals surface area contributed by atoms with E-state index in [1.165, 1.54) is 0 Å². The summed E-state index contributed by atoms with van der Waals surface area (Å²) in [7, 11) is -3.52. The summed E-state index contributed by atoms with van der Waals surface area (Å²) in [5.74, 6) is 0.162. The van der Waals surface area contributed by atoms with Gasteiger partial charge in [-0.25, -0.2) is 13.1 Å². The summed E-state index contributed by atoms with van der Waals surface area (Å²) in [4.78, 5) is 0.292. The van der Waals surface area contributed by atoms with Crippen LogP contribution in [0.4, 0.5) is 0 Å². The molecule has 0 aliphatic carbocycles. The second-order valence-corrected chi connectivity index (χ2v) is 8.03. The predicted octanol–water partition coefficient (Wildman–Crippen LogP) is 4.83. The third-order valence-electron chi connectivity index (χ3n) is 4.56. The average Bonchev–Trinajstić information content (AvgIpc) is 2.70. The van der Waals surface area contributed by atoms with Crippen LogP contribution < -0.4 is 4.72 Å². The highest BCUT2D eigenvalue weighted by atomic mass is 32.2. The SMILES string of the molecule is CC[C@@H](CNS(=O)(=O)c1ccc(-c2ccccc2)cc1)c1ccccc1. The molecule has 0 radical (unpaired) electrons. The monoisotopic (exact) mass is 365 g/mol. The van der Waals surface area contributed by atoms with E-state index in [0.29, 0.717) is 11.4 Å². The Morgan fingerprint density at radius 2 is 1.31 bits per heavy atom. The van der Waals surface area contributed by atoms with Crippen molar-refractivity contribution in [2.45, 2.75) is 24.2 Å². The van der Waals surface area contributed by atoms with E-state index in [0.717, 1.165) is 23.1 Å². The van der Waals surface area contributed by atoms with Gasteiger partial charge in [0.05, 0.1) is 4.90 Å². The Balaban J connectivity index is 1.72. The van der Waals surface area contributed by atoms with Gasteiger partial charge in [-0.05, 0) is 41.2 Å². The zero-order valence-electron chi connectivity index (χ0n) is 14.8. The van der Waals surface area contributed by atoms with Gasteiger partial charge in [0.25, 0.3) is 0 Å². The van der Waals surface area contributed by atoms with Crippen molar-refractivity contribution < 1.29 is 8.42 Å². The molecule has 0 amide bonds. The van der Waals surface area contributed by atoms with E-state index >= 15 is 0 Å². The molecule has 0 aliphatic rings. The number of hydrogen-bond acceptors (Lipinski definition) is 2. The molecule has 0 bridgehead atoms. The number of rotatable bonds is 7. The van der Waals surface area contributed by atoms with E-state index in [4.69, 9.17) is 0 Å². The molecule has 26 heavy (non-hydrogen) atoms. The summed E-state index contributed by atoms with van der Waals surface area (Å²) >= 11 is 0. The maximum atomic E-state index is 12.6. The topological polar surface area (TPSA) is 46.2 Å². The van der Waals surface area contributed by atoms with E-state index in [9.17, 15) is 8.42 Å². The Bertz CT molecular complexity index is 921. The lowest BCUT2D eigenvalue weighted by molar-refractivity contribution is 0.566. The molecule has 0 heterocycles. The normalized spacial score (nSPS) is 12.7. The van der Waals surface area contributed by atoms with Gasteiger partial charge in [-0.1, -0.05) is 79.7 Å². The predicted molar refractivity (Wildman–Crippen MR) is 107 cm³/mol. The average molecular weight is 365 g/mol. The van der Waals surface area contributed by atoms with Gasteiger partial charge in [0, 0.05) is 6.54 Å². The smallest absolute Gasteiger partial charge is 0.211 e. The highest BCUT2D eigenvalue weighted by molar-refractivity contribution is 7.89. The second-order valence-electron chi connectivity index (χ2n) is 6.26. The number of nitrogens with one attached hydrogen (secondary N) is 1. The molecule has 0 fully saturated rings. The third kappa shape index (κ3) is 4.40. The van der Waals surface area contributed by atoms with Crippen LogP contribution in [0.25, 0.3) is 11.1 Å². The van der Waals surface area contributed by atoms with Crippen LogP contribution in [0.5, 0.6) is 0 Å². The minimum atomic E-state index is -3.52. The van der Waals surface area contributed by atoms with Crippen LogP contribution in [0.15, 0.2) is 89.8 Å². The standard InChI is InChI=1S/C22H23NO2S/c1-2-18(19-9-5-3-6-10-19)17-23-26(24,25)22-15-13-21(14-16-22)20-11-7-4-8-12-20/h3-16,18,23H,2,17H2,1H3/t18-/m0/s1. The van der Waals surface area contributed by atoms with Crippen molar-refractivity contribution in [1.29, 1.82) is 0 Å². The molecule has 0 spiro atoms. The fourth-order valence-electron chi connectivity index (χ4n) is 2.97. The molecule has 134 valence electrons. The molecular weight excluding hydrogens is 342 g/mol. The van der Waals surface area contributed by atoms with Gasteiger partial charge in [0.2, 0.25) is 10.0 Å². The van der Waals surface area contributed by atoms with Crippen LogP contribution in [0.1, 0.15) is 24.8 Å². The highest BCUT2D eigenvalue weighted by Gasteiger charge is 2.17. The molecule has 3 rings (SSSR count). The first kappa shape index (κ1) is 18.4. The van der Waals surface area contributed by atoms with Gasteiger partial charge >= 0.3 is 0 Å². The third-order valence-corrected chi connectivity index (χ3v) is 5.99. The molecule has 1 N–H and O–H groups in total. The lowest BCUT2D eigenvalue weighted by atomic mass is 9.97. The van der Waals surface area contributed by atoms with Crippen LogP contribution in [0, 0.1) is 0 Å². The van der Waals surface area contributed by atoms with Crippen LogP contribution in [0.2, 0.25) is 0 Å². The Morgan fingerprint density at radius 3 is 1.88 bits per heavy atom. The summed E-state index contributed by atoms with van der Waals surface area (Å²) in [6.07, 6.45) is 0.874. The van der Waals surface area contributed by atoms with E-state index in [1.807, 2.05) is 72.8 Å². The van der Waals surface area contributed by atoms with Gasteiger partial charge in [0.1, 0.15) is 0 Å². The molecular formula is C22H23NO2S. The first-order valence-electron chi connectivity index (χ1n) is 8.80. The van der Waals surface area contributed by atoms with Gasteiger partial charge in [0.15, 0.2) is 0 Å². The zero-order chi connectivity index (χ0) is 18.4. The molecule has 4 heteroatoms. The highest BCUT2D eigenvalue weighted by Crippen LogP contribution is 2.22. The second kappa shape index (κ2) is 8.30. The van der Waals surface area contributed by atoms with Crippen LogP contribution in [-0.4, -0.2) is 15.0 Å².